The van der Waals surface area contributed by atoms with Crippen LogP contribution in [0.1, 0.15) is 12.5 Å². The summed E-state index contributed by atoms with van der Waals surface area (Å²) in [6, 6.07) is 13.8. The fourth-order valence-corrected chi connectivity index (χ4v) is 1.89. The van der Waals surface area contributed by atoms with Gasteiger partial charge in [0.1, 0.15) is 5.75 Å². The van der Waals surface area contributed by atoms with Crippen LogP contribution in [0.3, 0.4) is 0 Å². The number of benzene rings is 2. The van der Waals surface area contributed by atoms with E-state index < -0.39 is 0 Å². The van der Waals surface area contributed by atoms with Crippen LogP contribution in [0.4, 0.5) is 17.1 Å². The van der Waals surface area contributed by atoms with Crippen LogP contribution in [0, 0.1) is 6.92 Å². The van der Waals surface area contributed by atoms with E-state index in [1.165, 1.54) is 0 Å². The Balaban J connectivity index is 2.27. The average molecular weight is 242 g/mol. The molecule has 0 heterocycles. The third-order valence-corrected chi connectivity index (χ3v) is 2.57. The average Bonchev–Trinajstić information content (AvgIpc) is 2.30. The standard InChI is InChI=1S/C15H18N2O/c1-3-18-15-7-5-4-6-14(15)17-13-9-11(2)8-12(16)10-13/h4-10,17H,3,16H2,1-2H3. The van der Waals surface area contributed by atoms with Crippen molar-refractivity contribution in [2.75, 3.05) is 17.7 Å². The van der Waals surface area contributed by atoms with Crippen LogP contribution < -0.4 is 15.8 Å². The van der Waals surface area contributed by atoms with Gasteiger partial charge in [-0.3, -0.25) is 0 Å². The Morgan fingerprint density at radius 3 is 2.67 bits per heavy atom. The second-order valence-electron chi connectivity index (χ2n) is 4.19. The zero-order valence-electron chi connectivity index (χ0n) is 10.7. The molecule has 0 aliphatic heterocycles. The van der Waals surface area contributed by atoms with Crippen molar-refractivity contribution in [2.24, 2.45) is 0 Å². The normalized spacial score (nSPS) is 10.1. The fraction of sp³-hybridized carbons (Fsp3) is 0.200. The number of ether oxygens (including phenoxy) is 1. The van der Waals surface area contributed by atoms with Crippen LogP contribution in [0.2, 0.25) is 0 Å². The molecule has 0 saturated heterocycles. The van der Waals surface area contributed by atoms with E-state index in [1.807, 2.05) is 50.2 Å². The fourth-order valence-electron chi connectivity index (χ4n) is 1.89. The smallest absolute Gasteiger partial charge is 0.142 e. The molecule has 0 aliphatic carbocycles. The molecule has 3 nitrogen and oxygen atoms in total. The maximum absolute atomic E-state index is 5.84. The van der Waals surface area contributed by atoms with Crippen molar-refractivity contribution >= 4 is 17.1 Å². The van der Waals surface area contributed by atoms with Crippen molar-refractivity contribution in [3.63, 3.8) is 0 Å². The summed E-state index contributed by atoms with van der Waals surface area (Å²) in [6.45, 7) is 4.64. The summed E-state index contributed by atoms with van der Waals surface area (Å²) in [5.74, 6) is 0.847. The number of hydrogen-bond donors (Lipinski definition) is 2. The highest BCUT2D eigenvalue weighted by Crippen LogP contribution is 2.28. The van der Waals surface area contributed by atoms with E-state index in [0.29, 0.717) is 6.61 Å². The van der Waals surface area contributed by atoms with E-state index in [-0.39, 0.29) is 0 Å². The number of nitrogen functional groups attached to an aromatic ring is 1. The van der Waals surface area contributed by atoms with Gasteiger partial charge < -0.3 is 15.8 Å². The highest BCUT2D eigenvalue weighted by atomic mass is 16.5. The van der Waals surface area contributed by atoms with Crippen molar-refractivity contribution in [3.8, 4) is 5.75 Å². The molecular weight excluding hydrogens is 224 g/mol. The first kappa shape index (κ1) is 12.3. The van der Waals surface area contributed by atoms with Gasteiger partial charge in [-0.15, -0.1) is 0 Å². The predicted molar refractivity (Wildman–Crippen MR) is 76.5 cm³/mol. The van der Waals surface area contributed by atoms with Crippen LogP contribution >= 0.6 is 0 Å². The molecule has 94 valence electrons. The number of anilines is 3. The van der Waals surface area contributed by atoms with E-state index in [4.69, 9.17) is 10.5 Å². The molecule has 0 amide bonds. The molecule has 2 aromatic rings. The Labute approximate surface area is 108 Å². The van der Waals surface area contributed by atoms with Gasteiger partial charge in [-0.2, -0.15) is 0 Å². The van der Waals surface area contributed by atoms with Crippen molar-refractivity contribution < 1.29 is 4.74 Å². The zero-order chi connectivity index (χ0) is 13.0. The molecular formula is C15H18N2O. The monoisotopic (exact) mass is 242 g/mol. The lowest BCUT2D eigenvalue weighted by Gasteiger charge is -2.13. The number of nitrogens with one attached hydrogen (secondary N) is 1. The van der Waals surface area contributed by atoms with Gasteiger partial charge in [0.2, 0.25) is 0 Å². The summed E-state index contributed by atoms with van der Waals surface area (Å²) in [5, 5.41) is 3.33. The molecule has 3 heteroatoms. The van der Waals surface area contributed by atoms with Crippen LogP contribution in [-0.2, 0) is 0 Å². The largest absolute Gasteiger partial charge is 0.492 e. The summed E-state index contributed by atoms with van der Waals surface area (Å²) < 4.78 is 5.58. The second-order valence-corrected chi connectivity index (χ2v) is 4.19. The van der Waals surface area contributed by atoms with Gasteiger partial charge >= 0.3 is 0 Å². The van der Waals surface area contributed by atoms with Gasteiger partial charge in [-0.25, -0.2) is 0 Å². The van der Waals surface area contributed by atoms with Gasteiger partial charge in [0, 0.05) is 11.4 Å². The zero-order valence-corrected chi connectivity index (χ0v) is 10.7. The number of para-hydroxylation sites is 2. The van der Waals surface area contributed by atoms with Crippen LogP contribution in [0.5, 0.6) is 5.75 Å². The molecule has 0 bridgehead atoms. The molecule has 0 saturated carbocycles. The minimum Gasteiger partial charge on any atom is -0.492 e. The number of rotatable bonds is 4. The second kappa shape index (κ2) is 5.45. The Hall–Kier alpha value is -2.16. The predicted octanol–water partition coefficient (Wildman–Crippen LogP) is 3.72. The molecule has 3 N–H and O–H groups in total. The third-order valence-electron chi connectivity index (χ3n) is 2.57. The summed E-state index contributed by atoms with van der Waals surface area (Å²) in [6.07, 6.45) is 0. The SMILES string of the molecule is CCOc1ccccc1Nc1cc(C)cc(N)c1. The van der Waals surface area contributed by atoms with Crippen LogP contribution in [0.25, 0.3) is 0 Å². The molecule has 0 spiro atoms. The first-order valence-electron chi connectivity index (χ1n) is 6.05. The summed E-state index contributed by atoms with van der Waals surface area (Å²) >= 11 is 0. The third kappa shape index (κ3) is 2.94. The lowest BCUT2D eigenvalue weighted by molar-refractivity contribution is 0.342. The minimum absolute atomic E-state index is 0.647. The summed E-state index contributed by atoms with van der Waals surface area (Å²) in [5.41, 5.74) is 9.65. The molecule has 2 aromatic carbocycles. The van der Waals surface area contributed by atoms with Crippen molar-refractivity contribution in [2.45, 2.75) is 13.8 Å². The van der Waals surface area contributed by atoms with Gasteiger partial charge in [0.05, 0.1) is 12.3 Å². The van der Waals surface area contributed by atoms with E-state index in [0.717, 1.165) is 28.4 Å². The Kier molecular flexibility index (Phi) is 3.72. The molecule has 0 unspecified atom stereocenters. The van der Waals surface area contributed by atoms with Crippen LogP contribution in [0.15, 0.2) is 42.5 Å². The maximum atomic E-state index is 5.84. The van der Waals surface area contributed by atoms with E-state index in [1.54, 1.807) is 0 Å². The molecule has 0 aliphatic rings. The topological polar surface area (TPSA) is 47.3 Å². The van der Waals surface area contributed by atoms with Gasteiger partial charge in [-0.1, -0.05) is 12.1 Å². The molecule has 0 aromatic heterocycles. The Morgan fingerprint density at radius 2 is 1.94 bits per heavy atom. The molecule has 18 heavy (non-hydrogen) atoms. The highest BCUT2D eigenvalue weighted by molar-refractivity contribution is 5.69. The van der Waals surface area contributed by atoms with Crippen molar-refractivity contribution in [3.05, 3.63) is 48.0 Å². The number of hydrogen-bond acceptors (Lipinski definition) is 3. The van der Waals surface area contributed by atoms with E-state index in [9.17, 15) is 0 Å². The lowest BCUT2D eigenvalue weighted by atomic mass is 10.2. The maximum Gasteiger partial charge on any atom is 0.142 e. The Bertz CT molecular complexity index is 518. The molecule has 0 radical (unpaired) electrons. The lowest BCUT2D eigenvalue weighted by Crippen LogP contribution is -1.98. The van der Waals surface area contributed by atoms with Crippen molar-refractivity contribution in [1.82, 2.24) is 0 Å². The first-order valence-corrected chi connectivity index (χ1v) is 6.05. The first-order chi connectivity index (χ1) is 8.69. The van der Waals surface area contributed by atoms with E-state index in [2.05, 4.69) is 11.4 Å². The summed E-state index contributed by atoms with van der Waals surface area (Å²) in [7, 11) is 0. The van der Waals surface area contributed by atoms with E-state index >= 15 is 0 Å². The minimum atomic E-state index is 0.647. The summed E-state index contributed by atoms with van der Waals surface area (Å²) in [4.78, 5) is 0. The van der Waals surface area contributed by atoms with Gasteiger partial charge in [0.15, 0.2) is 0 Å². The quantitative estimate of drug-likeness (QED) is 0.803. The van der Waals surface area contributed by atoms with Crippen LogP contribution in [-0.4, -0.2) is 6.61 Å². The van der Waals surface area contributed by atoms with Gasteiger partial charge in [0.25, 0.3) is 0 Å². The molecule has 2 rings (SSSR count). The number of aryl methyl sites for hydroxylation is 1. The Morgan fingerprint density at radius 1 is 1.17 bits per heavy atom. The highest BCUT2D eigenvalue weighted by Gasteiger charge is 2.03. The molecule has 0 atom stereocenters. The van der Waals surface area contributed by atoms with Crippen molar-refractivity contribution in [1.29, 1.82) is 0 Å². The number of nitrogens with two attached hydrogens (primary N) is 1. The van der Waals surface area contributed by atoms with Gasteiger partial charge in [-0.05, 0) is 49.7 Å². The molecule has 0 fully saturated rings.